The Hall–Kier alpha value is -1.84. The molecular weight excluding hydrogens is 324 g/mol. The van der Waals surface area contributed by atoms with Gasteiger partial charge in [0.25, 0.3) is 5.91 Å². The predicted octanol–water partition coefficient (Wildman–Crippen LogP) is 4.29. The topological polar surface area (TPSA) is 58.2 Å². The minimum Gasteiger partial charge on any atom is -0.351 e. The fraction of sp³-hybridized carbons (Fsp3) is 0.636. The van der Waals surface area contributed by atoms with E-state index in [1.165, 1.54) is 6.42 Å². The molecule has 144 valence electrons. The van der Waals surface area contributed by atoms with E-state index >= 15 is 0 Å². The molecule has 1 saturated carbocycles. The zero-order chi connectivity index (χ0) is 19.0. The van der Waals surface area contributed by atoms with Gasteiger partial charge < -0.3 is 10.6 Å². The van der Waals surface area contributed by atoms with Gasteiger partial charge in [0, 0.05) is 12.0 Å². The zero-order valence-electron chi connectivity index (χ0n) is 16.5. The molecule has 0 heterocycles. The smallest absolute Gasteiger partial charge is 0.250 e. The Balaban J connectivity index is 2.35. The molecule has 1 aliphatic rings. The summed E-state index contributed by atoms with van der Waals surface area (Å²) in [4.78, 5) is 26.1. The average Bonchev–Trinajstić information content (AvgIpc) is 2.66. The summed E-state index contributed by atoms with van der Waals surface area (Å²) in [7, 11) is 0. The first kappa shape index (κ1) is 20.5. The summed E-state index contributed by atoms with van der Waals surface area (Å²) < 4.78 is 0. The van der Waals surface area contributed by atoms with Crippen LogP contribution in [0.15, 0.2) is 30.3 Å². The number of hydrogen-bond donors (Lipinski definition) is 2. The minimum atomic E-state index is -0.990. The van der Waals surface area contributed by atoms with E-state index < -0.39 is 5.54 Å². The average molecular weight is 359 g/mol. The van der Waals surface area contributed by atoms with Gasteiger partial charge in [-0.25, -0.2) is 0 Å². The fourth-order valence-corrected chi connectivity index (χ4v) is 3.66. The van der Waals surface area contributed by atoms with Crippen molar-refractivity contribution < 1.29 is 9.59 Å². The van der Waals surface area contributed by atoms with Gasteiger partial charge in [0.15, 0.2) is 0 Å². The van der Waals surface area contributed by atoms with Crippen LogP contribution in [0.25, 0.3) is 0 Å². The largest absolute Gasteiger partial charge is 0.351 e. The maximum atomic E-state index is 13.5. The molecule has 1 aliphatic carbocycles. The second kappa shape index (κ2) is 9.75. The number of benzene rings is 1. The van der Waals surface area contributed by atoms with Gasteiger partial charge in [-0.3, -0.25) is 9.59 Å². The van der Waals surface area contributed by atoms with E-state index in [9.17, 15) is 9.59 Å². The van der Waals surface area contributed by atoms with Gasteiger partial charge in [0.2, 0.25) is 5.91 Å². The van der Waals surface area contributed by atoms with E-state index in [1.54, 1.807) is 0 Å². The van der Waals surface area contributed by atoms with Crippen molar-refractivity contribution in [2.45, 2.75) is 83.7 Å². The zero-order valence-corrected chi connectivity index (χ0v) is 16.5. The molecule has 2 amide bonds. The van der Waals surface area contributed by atoms with Crippen molar-refractivity contribution >= 4 is 11.8 Å². The van der Waals surface area contributed by atoms with Crippen LogP contribution in [0.2, 0.25) is 0 Å². The van der Waals surface area contributed by atoms with E-state index in [0.29, 0.717) is 6.42 Å². The minimum absolute atomic E-state index is 0.0574. The van der Waals surface area contributed by atoms with Crippen molar-refractivity contribution in [2.24, 2.45) is 5.92 Å². The highest BCUT2D eigenvalue weighted by molar-refractivity contribution is 5.93. The molecular formula is C22H34N2O2. The van der Waals surface area contributed by atoms with Crippen molar-refractivity contribution in [1.29, 1.82) is 0 Å². The summed E-state index contributed by atoms with van der Waals surface area (Å²) in [5.41, 5.74) is -0.119. The monoisotopic (exact) mass is 358 g/mol. The molecule has 4 nitrogen and oxygen atoms in total. The lowest BCUT2D eigenvalue weighted by Crippen LogP contribution is -2.58. The third kappa shape index (κ3) is 5.09. The van der Waals surface area contributed by atoms with Crippen LogP contribution in [0.3, 0.4) is 0 Å². The van der Waals surface area contributed by atoms with Crippen LogP contribution in [0.4, 0.5) is 0 Å². The quantitative estimate of drug-likeness (QED) is 0.728. The number of rotatable bonds is 8. The van der Waals surface area contributed by atoms with Gasteiger partial charge in [0.1, 0.15) is 5.54 Å². The highest BCUT2D eigenvalue weighted by Crippen LogP contribution is 2.30. The number of carbonyl (C=O) groups is 2. The summed E-state index contributed by atoms with van der Waals surface area (Å²) in [5, 5.41) is 6.38. The lowest BCUT2D eigenvalue weighted by atomic mass is 9.82. The first-order valence-electron chi connectivity index (χ1n) is 10.2. The van der Waals surface area contributed by atoms with Crippen LogP contribution in [0, 0.1) is 5.92 Å². The van der Waals surface area contributed by atoms with Crippen molar-refractivity contribution in [2.75, 3.05) is 0 Å². The Labute approximate surface area is 158 Å². The molecule has 1 atom stereocenters. The lowest BCUT2D eigenvalue weighted by Gasteiger charge is -2.37. The predicted molar refractivity (Wildman–Crippen MR) is 106 cm³/mol. The molecule has 0 aromatic heterocycles. The fourth-order valence-electron chi connectivity index (χ4n) is 3.66. The van der Waals surface area contributed by atoms with E-state index in [2.05, 4.69) is 17.6 Å². The van der Waals surface area contributed by atoms with Crippen LogP contribution in [0.5, 0.6) is 0 Å². The maximum absolute atomic E-state index is 13.5. The lowest BCUT2D eigenvalue weighted by molar-refractivity contribution is -0.136. The molecule has 0 aliphatic heterocycles. The highest BCUT2D eigenvalue weighted by Gasteiger charge is 2.42. The second-order valence-electron chi connectivity index (χ2n) is 7.83. The summed E-state index contributed by atoms with van der Waals surface area (Å²) >= 11 is 0. The first-order valence-corrected chi connectivity index (χ1v) is 10.2. The number of amides is 2. The molecule has 1 aromatic carbocycles. The van der Waals surface area contributed by atoms with Crippen molar-refractivity contribution in [3.05, 3.63) is 35.9 Å². The second-order valence-corrected chi connectivity index (χ2v) is 7.83. The number of unbranched alkanes of at least 4 members (excludes halogenated alkanes) is 1. The van der Waals surface area contributed by atoms with Crippen LogP contribution < -0.4 is 10.6 Å². The van der Waals surface area contributed by atoms with Gasteiger partial charge in [-0.2, -0.15) is 0 Å². The van der Waals surface area contributed by atoms with E-state index in [-0.39, 0.29) is 23.8 Å². The molecule has 0 saturated heterocycles. The van der Waals surface area contributed by atoms with Gasteiger partial charge in [-0.1, -0.05) is 83.2 Å². The molecule has 2 N–H and O–H groups in total. The van der Waals surface area contributed by atoms with E-state index in [0.717, 1.165) is 44.1 Å². The third-order valence-corrected chi connectivity index (χ3v) is 5.36. The molecule has 4 heteroatoms. The Morgan fingerprint density at radius 3 is 2.35 bits per heavy atom. The molecule has 1 unspecified atom stereocenters. The Bertz CT molecular complexity index is 579. The summed E-state index contributed by atoms with van der Waals surface area (Å²) in [5.74, 6) is -0.302. The molecule has 0 bridgehead atoms. The molecule has 1 fully saturated rings. The first-order chi connectivity index (χ1) is 12.5. The van der Waals surface area contributed by atoms with Crippen LogP contribution >= 0.6 is 0 Å². The standard InChI is InChI=1S/C22H34N2O2/c1-4-5-16-22(24-20(25)17(2)3,18-12-8-6-9-13-18)21(26)23-19-14-10-7-11-15-19/h6,8-9,12-13,17,19H,4-5,7,10-11,14-16H2,1-3H3,(H,23,26)(H,24,25). The summed E-state index contributed by atoms with van der Waals surface area (Å²) in [6, 6.07) is 9.94. The van der Waals surface area contributed by atoms with E-state index in [4.69, 9.17) is 0 Å². The third-order valence-electron chi connectivity index (χ3n) is 5.36. The number of carbonyl (C=O) groups excluding carboxylic acids is 2. The number of hydrogen-bond acceptors (Lipinski definition) is 2. The maximum Gasteiger partial charge on any atom is 0.250 e. The van der Waals surface area contributed by atoms with Gasteiger partial charge >= 0.3 is 0 Å². The van der Waals surface area contributed by atoms with Crippen molar-refractivity contribution in [1.82, 2.24) is 10.6 Å². The van der Waals surface area contributed by atoms with Crippen LogP contribution in [0.1, 0.15) is 77.7 Å². The molecule has 0 spiro atoms. The van der Waals surface area contributed by atoms with Crippen LogP contribution in [-0.2, 0) is 15.1 Å². The molecule has 26 heavy (non-hydrogen) atoms. The summed E-state index contributed by atoms with van der Waals surface area (Å²) in [6.07, 6.45) is 8.10. The Morgan fingerprint density at radius 1 is 1.12 bits per heavy atom. The van der Waals surface area contributed by atoms with Gasteiger partial charge in [-0.05, 0) is 24.8 Å². The number of nitrogens with one attached hydrogen (secondary N) is 2. The summed E-state index contributed by atoms with van der Waals surface area (Å²) in [6.45, 7) is 5.84. The van der Waals surface area contributed by atoms with Crippen molar-refractivity contribution in [3.63, 3.8) is 0 Å². The SMILES string of the molecule is CCCCC(NC(=O)C(C)C)(C(=O)NC1CCCCC1)c1ccccc1. The van der Waals surface area contributed by atoms with Gasteiger partial charge in [0.05, 0.1) is 0 Å². The molecule has 2 rings (SSSR count). The van der Waals surface area contributed by atoms with Gasteiger partial charge in [-0.15, -0.1) is 0 Å². The van der Waals surface area contributed by atoms with E-state index in [1.807, 2.05) is 44.2 Å². The molecule has 1 aromatic rings. The normalized spacial score (nSPS) is 17.5. The Kier molecular flexibility index (Phi) is 7.67. The highest BCUT2D eigenvalue weighted by atomic mass is 16.2. The Morgan fingerprint density at radius 2 is 1.77 bits per heavy atom. The molecule has 0 radical (unpaired) electrons. The van der Waals surface area contributed by atoms with Crippen molar-refractivity contribution in [3.8, 4) is 0 Å². The van der Waals surface area contributed by atoms with Crippen LogP contribution in [-0.4, -0.2) is 17.9 Å².